The van der Waals surface area contributed by atoms with Gasteiger partial charge in [-0.25, -0.2) is 22.2 Å². The summed E-state index contributed by atoms with van der Waals surface area (Å²) in [6.45, 7) is -4.68. The van der Waals surface area contributed by atoms with Crippen LogP contribution in [-0.4, -0.2) is 54.6 Å². The zero-order valence-corrected chi connectivity index (χ0v) is 16.8. The molecule has 0 amide bonds. The standard InChI is InChI=1S/C19H20N4O7S/c1-19(12-29-2,18(24)30-3)21-16-14-9-10-22(17(14)20-11-15(16)23(25)26)31(27,28)13-7-5-4-6-8-13/h4-11H,12H2,1-3H3,(H,20,21)/t19-/m0/s1/i1D3,2D3. The largest absolute Gasteiger partial charge is 0.467 e. The molecule has 2 heterocycles. The number of carbonyl (C=O) groups is 1. The maximum atomic E-state index is 13.2. The number of anilines is 1. The van der Waals surface area contributed by atoms with Crippen LogP contribution in [0.15, 0.2) is 53.7 Å². The summed E-state index contributed by atoms with van der Waals surface area (Å²) < 4.78 is 81.9. The van der Waals surface area contributed by atoms with Crippen molar-refractivity contribution in [2.75, 3.05) is 26.1 Å². The molecule has 0 saturated heterocycles. The molecule has 1 N–H and O–H groups in total. The van der Waals surface area contributed by atoms with Crippen LogP contribution in [0.25, 0.3) is 11.0 Å². The number of carbonyl (C=O) groups excluding carboxylic acids is 1. The molecule has 0 radical (unpaired) electrons. The summed E-state index contributed by atoms with van der Waals surface area (Å²) in [5.41, 5.74) is -4.73. The van der Waals surface area contributed by atoms with Gasteiger partial charge in [0.05, 0.1) is 33.0 Å². The van der Waals surface area contributed by atoms with Crippen LogP contribution in [0.1, 0.15) is 15.1 Å². The normalized spacial score (nSPS) is 17.2. The Bertz CT molecular complexity index is 1440. The van der Waals surface area contributed by atoms with Crippen molar-refractivity contribution in [1.29, 1.82) is 0 Å². The van der Waals surface area contributed by atoms with Crippen LogP contribution < -0.4 is 5.32 Å². The van der Waals surface area contributed by atoms with Crippen LogP contribution in [-0.2, 0) is 24.3 Å². The highest BCUT2D eigenvalue weighted by atomic mass is 32.2. The van der Waals surface area contributed by atoms with Gasteiger partial charge in [0.25, 0.3) is 10.0 Å². The second-order valence-corrected chi connectivity index (χ2v) is 8.07. The maximum absolute atomic E-state index is 13.2. The Kier molecular flexibility index (Phi) is 4.11. The van der Waals surface area contributed by atoms with Crippen molar-refractivity contribution in [3.8, 4) is 0 Å². The third-order valence-electron chi connectivity index (χ3n) is 4.32. The molecule has 3 rings (SSSR count). The molecule has 0 saturated carbocycles. The molecule has 2 aromatic heterocycles. The molecule has 0 fully saturated rings. The van der Waals surface area contributed by atoms with Gasteiger partial charge in [0.1, 0.15) is 11.9 Å². The molecule has 0 aliphatic heterocycles. The van der Waals surface area contributed by atoms with Crippen molar-refractivity contribution in [2.45, 2.75) is 17.3 Å². The highest BCUT2D eigenvalue weighted by Gasteiger charge is 2.38. The number of nitrogens with zero attached hydrogens (tertiary/aromatic N) is 3. The minimum atomic E-state index is -4.24. The Morgan fingerprint density at radius 2 is 2.10 bits per heavy atom. The average Bonchev–Trinajstić information content (AvgIpc) is 3.25. The number of nitro groups is 1. The van der Waals surface area contributed by atoms with Gasteiger partial charge < -0.3 is 14.8 Å². The number of aromatic nitrogens is 2. The Morgan fingerprint density at radius 3 is 2.71 bits per heavy atom. The van der Waals surface area contributed by atoms with E-state index < -0.39 is 58.3 Å². The number of nitrogens with one attached hydrogen (secondary N) is 1. The van der Waals surface area contributed by atoms with Gasteiger partial charge in [-0.15, -0.1) is 0 Å². The van der Waals surface area contributed by atoms with Gasteiger partial charge in [-0.3, -0.25) is 10.1 Å². The van der Waals surface area contributed by atoms with E-state index in [4.69, 9.17) is 8.22 Å². The summed E-state index contributed by atoms with van der Waals surface area (Å²) in [7, 11) is -6.55. The van der Waals surface area contributed by atoms with Crippen molar-refractivity contribution in [2.24, 2.45) is 0 Å². The van der Waals surface area contributed by atoms with Gasteiger partial charge in [0.15, 0.2) is 11.2 Å². The molecule has 12 heteroatoms. The van der Waals surface area contributed by atoms with E-state index in [-0.39, 0.29) is 15.9 Å². The zero-order chi connectivity index (χ0) is 27.8. The Labute approximate surface area is 186 Å². The number of hydrogen-bond donors (Lipinski definition) is 1. The first-order valence-electron chi connectivity index (χ1n) is 11.5. The van der Waals surface area contributed by atoms with Crippen LogP contribution >= 0.6 is 0 Å². The molecule has 0 unspecified atom stereocenters. The van der Waals surface area contributed by atoms with Crippen LogP contribution in [0.2, 0.25) is 0 Å². The summed E-state index contributed by atoms with van der Waals surface area (Å²) in [4.78, 5) is 27.4. The lowest BCUT2D eigenvalue weighted by Crippen LogP contribution is -2.48. The second kappa shape index (κ2) is 8.32. The fourth-order valence-electron chi connectivity index (χ4n) is 2.86. The van der Waals surface area contributed by atoms with E-state index in [2.05, 4.69) is 19.8 Å². The first-order valence-corrected chi connectivity index (χ1v) is 9.95. The van der Waals surface area contributed by atoms with E-state index in [1.165, 1.54) is 24.3 Å². The third-order valence-corrected chi connectivity index (χ3v) is 6.00. The number of rotatable bonds is 8. The van der Waals surface area contributed by atoms with Gasteiger partial charge in [-0.05, 0) is 25.1 Å². The van der Waals surface area contributed by atoms with E-state index >= 15 is 0 Å². The van der Waals surface area contributed by atoms with Gasteiger partial charge in [-0.2, -0.15) is 0 Å². The first kappa shape index (κ1) is 15.3. The van der Waals surface area contributed by atoms with Crippen LogP contribution in [0, 0.1) is 10.1 Å². The monoisotopic (exact) mass is 454 g/mol. The molecule has 31 heavy (non-hydrogen) atoms. The van der Waals surface area contributed by atoms with Gasteiger partial charge in [0.2, 0.25) is 0 Å². The second-order valence-electron chi connectivity index (χ2n) is 6.25. The zero-order valence-electron chi connectivity index (χ0n) is 21.9. The first-order chi connectivity index (χ1) is 17.0. The number of hydrogen-bond acceptors (Lipinski definition) is 9. The highest BCUT2D eigenvalue weighted by molar-refractivity contribution is 7.90. The molecule has 0 aliphatic carbocycles. The molecule has 0 aliphatic rings. The van der Waals surface area contributed by atoms with Crippen molar-refractivity contribution in [1.82, 2.24) is 8.96 Å². The van der Waals surface area contributed by atoms with Gasteiger partial charge in [-0.1, -0.05) is 18.2 Å². The van der Waals surface area contributed by atoms with Crippen LogP contribution in [0.4, 0.5) is 11.4 Å². The average molecular weight is 454 g/mol. The number of ether oxygens (including phenoxy) is 2. The van der Waals surface area contributed by atoms with E-state index in [0.29, 0.717) is 6.20 Å². The Balaban J connectivity index is 2.30. The Hall–Kier alpha value is -3.51. The number of benzene rings is 1. The van der Waals surface area contributed by atoms with Crippen molar-refractivity contribution in [3.63, 3.8) is 0 Å². The van der Waals surface area contributed by atoms with Crippen molar-refractivity contribution < 1.29 is 35.8 Å². The Morgan fingerprint density at radius 1 is 1.35 bits per heavy atom. The molecule has 0 bridgehead atoms. The fraction of sp³-hybridized carbons (Fsp3) is 0.263. The summed E-state index contributed by atoms with van der Waals surface area (Å²) in [6.07, 6.45) is 1.72. The lowest BCUT2D eigenvalue weighted by atomic mass is 10.0. The topological polar surface area (TPSA) is 143 Å². The van der Waals surface area contributed by atoms with Crippen molar-refractivity contribution in [3.05, 3.63) is 58.9 Å². The molecule has 164 valence electrons. The molecule has 3 aromatic rings. The predicted molar refractivity (Wildman–Crippen MR) is 111 cm³/mol. The number of fused-ring (bicyclic) bond motifs is 1. The van der Waals surface area contributed by atoms with E-state index in [1.807, 2.05) is 0 Å². The minimum absolute atomic E-state index is 0.125. The van der Waals surface area contributed by atoms with Crippen LogP contribution in [0.5, 0.6) is 0 Å². The fourth-order valence-corrected chi connectivity index (χ4v) is 4.19. The molecular formula is C19H20N4O7S. The number of esters is 1. The van der Waals surface area contributed by atoms with E-state index in [1.54, 1.807) is 6.07 Å². The number of methoxy groups -OCH3 is 2. The molecule has 0 spiro atoms. The predicted octanol–water partition coefficient (Wildman–Crippen LogP) is 2.17. The summed E-state index contributed by atoms with van der Waals surface area (Å²) in [6, 6.07) is 8.30. The molecule has 11 nitrogen and oxygen atoms in total. The number of pyridine rings is 1. The summed E-state index contributed by atoms with van der Waals surface area (Å²) in [5, 5.41) is 13.8. The van der Waals surface area contributed by atoms with Crippen LogP contribution in [0.3, 0.4) is 0 Å². The van der Waals surface area contributed by atoms with E-state index in [9.17, 15) is 23.3 Å². The smallest absolute Gasteiger partial charge is 0.333 e. The van der Waals surface area contributed by atoms with Gasteiger partial charge >= 0.3 is 11.7 Å². The quantitative estimate of drug-likeness (QED) is 0.308. The minimum Gasteiger partial charge on any atom is -0.467 e. The summed E-state index contributed by atoms with van der Waals surface area (Å²) in [5.74, 6) is -1.51. The lowest BCUT2D eigenvalue weighted by molar-refractivity contribution is -0.384. The molecule has 1 atom stereocenters. The third kappa shape index (κ3) is 3.94. The molecule has 1 aromatic carbocycles. The SMILES string of the molecule is [2H]C([2H])([2H])OC[C@](Nc1c([N+](=O)[O-])cnc2c1ccn2S(=O)(=O)c1ccccc1)(C(=O)OC)C([2H])([2H])[2H]. The maximum Gasteiger partial charge on any atom is 0.333 e. The lowest BCUT2D eigenvalue weighted by Gasteiger charge is -2.28. The highest BCUT2D eigenvalue weighted by Crippen LogP contribution is 2.35. The summed E-state index contributed by atoms with van der Waals surface area (Å²) >= 11 is 0. The van der Waals surface area contributed by atoms with Gasteiger partial charge in [0, 0.05) is 17.3 Å². The molecular weight excluding hydrogens is 428 g/mol. The van der Waals surface area contributed by atoms with Crippen molar-refractivity contribution >= 4 is 38.4 Å². The van der Waals surface area contributed by atoms with E-state index in [0.717, 1.165) is 23.3 Å².